The van der Waals surface area contributed by atoms with Gasteiger partial charge in [0.1, 0.15) is 11.3 Å². The van der Waals surface area contributed by atoms with Crippen molar-refractivity contribution >= 4 is 21.9 Å². The van der Waals surface area contributed by atoms with E-state index in [1.165, 1.54) is 0 Å². The van der Waals surface area contributed by atoms with E-state index in [0.717, 1.165) is 4.90 Å². The van der Waals surface area contributed by atoms with Crippen molar-refractivity contribution in [1.29, 1.82) is 0 Å². The maximum atomic E-state index is 11.7. The molecule has 2 atom stereocenters. The molecule has 104 valence electrons. The Labute approximate surface area is 106 Å². The Morgan fingerprint density at radius 3 is 2.44 bits per heavy atom. The second kappa shape index (κ2) is 5.23. The van der Waals surface area contributed by atoms with E-state index >= 15 is 0 Å². The van der Waals surface area contributed by atoms with Crippen molar-refractivity contribution in [2.24, 2.45) is 11.1 Å². The SMILES string of the molecule is CC(C)C[C@@H](C(=O)O)N1CC(S(N)(=O)=O)CC1=O. The summed E-state index contributed by atoms with van der Waals surface area (Å²) in [5.41, 5.74) is 0. The number of likely N-dealkylation sites (tertiary alicyclic amines) is 1. The number of carbonyl (C=O) groups excluding carboxylic acids is 1. The van der Waals surface area contributed by atoms with E-state index in [2.05, 4.69) is 0 Å². The largest absolute Gasteiger partial charge is 0.480 e. The minimum atomic E-state index is -3.81. The first kappa shape index (κ1) is 14.9. The van der Waals surface area contributed by atoms with E-state index in [1.807, 2.05) is 13.8 Å². The number of carbonyl (C=O) groups is 2. The quantitative estimate of drug-likeness (QED) is 0.694. The summed E-state index contributed by atoms with van der Waals surface area (Å²) in [4.78, 5) is 24.0. The fourth-order valence-electron chi connectivity index (χ4n) is 2.03. The van der Waals surface area contributed by atoms with Crippen molar-refractivity contribution in [3.63, 3.8) is 0 Å². The molecule has 1 amide bonds. The molecule has 0 spiro atoms. The van der Waals surface area contributed by atoms with Crippen LogP contribution in [0.15, 0.2) is 0 Å². The number of nitrogens with zero attached hydrogens (tertiary/aromatic N) is 1. The highest BCUT2D eigenvalue weighted by Gasteiger charge is 2.41. The molecule has 0 aromatic rings. The second-order valence-electron chi connectivity index (χ2n) is 4.94. The molecule has 1 heterocycles. The minimum Gasteiger partial charge on any atom is -0.480 e. The number of primary sulfonamides is 1. The minimum absolute atomic E-state index is 0.0902. The lowest BCUT2D eigenvalue weighted by molar-refractivity contribution is -0.149. The molecule has 3 N–H and O–H groups in total. The Kier molecular flexibility index (Phi) is 4.33. The zero-order valence-corrected chi connectivity index (χ0v) is 11.2. The van der Waals surface area contributed by atoms with Gasteiger partial charge in [0.25, 0.3) is 0 Å². The molecule has 0 saturated carbocycles. The molecule has 0 bridgehead atoms. The van der Waals surface area contributed by atoms with Gasteiger partial charge in [-0.15, -0.1) is 0 Å². The van der Waals surface area contributed by atoms with Gasteiger partial charge in [0.15, 0.2) is 0 Å². The number of carboxylic acid groups (broad SMARTS) is 1. The van der Waals surface area contributed by atoms with Gasteiger partial charge in [-0.3, -0.25) is 4.79 Å². The van der Waals surface area contributed by atoms with Crippen molar-refractivity contribution in [2.45, 2.75) is 38.0 Å². The van der Waals surface area contributed by atoms with Crippen molar-refractivity contribution in [2.75, 3.05) is 6.54 Å². The van der Waals surface area contributed by atoms with E-state index in [-0.39, 0.29) is 18.9 Å². The van der Waals surface area contributed by atoms with Gasteiger partial charge in [0.05, 0.1) is 0 Å². The molecule has 7 nitrogen and oxygen atoms in total. The predicted octanol–water partition coefficient (Wildman–Crippen LogP) is -0.625. The van der Waals surface area contributed by atoms with Crippen molar-refractivity contribution in [1.82, 2.24) is 4.90 Å². The Morgan fingerprint density at radius 1 is 1.56 bits per heavy atom. The van der Waals surface area contributed by atoms with Crippen LogP contribution in [0.4, 0.5) is 0 Å². The summed E-state index contributed by atoms with van der Waals surface area (Å²) in [7, 11) is -3.81. The summed E-state index contributed by atoms with van der Waals surface area (Å²) in [5, 5.41) is 13.1. The normalized spacial score (nSPS) is 22.6. The van der Waals surface area contributed by atoms with Gasteiger partial charge in [-0.25, -0.2) is 18.4 Å². The van der Waals surface area contributed by atoms with Crippen molar-refractivity contribution in [3.8, 4) is 0 Å². The highest BCUT2D eigenvalue weighted by atomic mass is 32.2. The van der Waals surface area contributed by atoms with Crippen LogP contribution in [0.5, 0.6) is 0 Å². The van der Waals surface area contributed by atoms with Crippen LogP contribution in [-0.2, 0) is 19.6 Å². The first-order valence-electron chi connectivity index (χ1n) is 5.66. The molecule has 0 aliphatic carbocycles. The lowest BCUT2D eigenvalue weighted by Crippen LogP contribution is -2.44. The van der Waals surface area contributed by atoms with Gasteiger partial charge in [0.2, 0.25) is 15.9 Å². The molecule has 1 unspecified atom stereocenters. The molecule has 1 aliphatic rings. The maximum Gasteiger partial charge on any atom is 0.326 e. The second-order valence-corrected chi connectivity index (χ2v) is 6.79. The van der Waals surface area contributed by atoms with Gasteiger partial charge in [-0.05, 0) is 12.3 Å². The van der Waals surface area contributed by atoms with E-state index in [1.54, 1.807) is 0 Å². The van der Waals surface area contributed by atoms with Gasteiger partial charge in [-0.1, -0.05) is 13.8 Å². The summed E-state index contributed by atoms with van der Waals surface area (Å²) >= 11 is 0. The lowest BCUT2D eigenvalue weighted by atomic mass is 10.0. The summed E-state index contributed by atoms with van der Waals surface area (Å²) in [6.07, 6.45) is 0.0547. The van der Waals surface area contributed by atoms with E-state index in [4.69, 9.17) is 10.2 Å². The average Bonchev–Trinajstić information content (AvgIpc) is 2.55. The highest BCUT2D eigenvalue weighted by molar-refractivity contribution is 7.89. The molecule has 1 rings (SSSR count). The molecule has 1 fully saturated rings. The number of aliphatic carboxylic acids is 1. The number of amides is 1. The van der Waals surface area contributed by atoms with E-state index < -0.39 is 33.2 Å². The molecular formula is C10H18N2O5S. The maximum absolute atomic E-state index is 11.7. The molecular weight excluding hydrogens is 260 g/mol. The third-order valence-electron chi connectivity index (χ3n) is 2.94. The molecule has 18 heavy (non-hydrogen) atoms. The van der Waals surface area contributed by atoms with Crippen LogP contribution in [0.3, 0.4) is 0 Å². The third-order valence-corrected chi connectivity index (χ3v) is 4.19. The summed E-state index contributed by atoms with van der Waals surface area (Å²) in [5.74, 6) is -1.50. The Hall–Kier alpha value is -1.15. The Morgan fingerprint density at radius 2 is 2.11 bits per heavy atom. The molecule has 0 aromatic carbocycles. The molecule has 8 heteroatoms. The van der Waals surface area contributed by atoms with E-state index in [0.29, 0.717) is 6.42 Å². The summed E-state index contributed by atoms with van der Waals surface area (Å²) in [6.45, 7) is 3.54. The average molecular weight is 278 g/mol. The Balaban J connectivity index is 2.88. The summed E-state index contributed by atoms with van der Waals surface area (Å²) < 4.78 is 22.4. The van der Waals surface area contributed by atoms with Crippen LogP contribution < -0.4 is 5.14 Å². The zero-order chi connectivity index (χ0) is 14.1. The number of hydrogen-bond donors (Lipinski definition) is 2. The van der Waals surface area contributed by atoms with Gasteiger partial charge < -0.3 is 10.0 Å². The first-order valence-corrected chi connectivity index (χ1v) is 7.27. The fraction of sp³-hybridized carbons (Fsp3) is 0.800. The van der Waals surface area contributed by atoms with Gasteiger partial charge in [-0.2, -0.15) is 0 Å². The standard InChI is InChI=1S/C10H18N2O5S/c1-6(2)3-8(10(14)15)12-5-7(4-9(12)13)18(11,16)17/h6-8H,3-5H2,1-2H3,(H,14,15)(H2,11,16,17)/t7?,8-/m0/s1. The third kappa shape index (κ3) is 3.42. The number of hydrogen-bond acceptors (Lipinski definition) is 4. The van der Waals surface area contributed by atoms with Crippen LogP contribution in [-0.4, -0.2) is 48.1 Å². The molecule has 1 aliphatic heterocycles. The van der Waals surface area contributed by atoms with Crippen molar-refractivity contribution in [3.05, 3.63) is 0 Å². The van der Waals surface area contributed by atoms with Gasteiger partial charge >= 0.3 is 5.97 Å². The highest BCUT2D eigenvalue weighted by Crippen LogP contribution is 2.22. The number of carboxylic acids is 1. The van der Waals surface area contributed by atoms with Crippen LogP contribution in [0.1, 0.15) is 26.7 Å². The number of nitrogens with two attached hydrogens (primary N) is 1. The number of sulfonamides is 1. The smallest absolute Gasteiger partial charge is 0.326 e. The molecule has 1 saturated heterocycles. The molecule has 0 aromatic heterocycles. The molecule has 0 radical (unpaired) electrons. The zero-order valence-electron chi connectivity index (χ0n) is 10.4. The van der Waals surface area contributed by atoms with E-state index in [9.17, 15) is 18.0 Å². The van der Waals surface area contributed by atoms with Gasteiger partial charge in [0, 0.05) is 13.0 Å². The summed E-state index contributed by atoms with van der Waals surface area (Å²) in [6, 6.07) is -0.982. The predicted molar refractivity (Wildman–Crippen MR) is 64.1 cm³/mol. The Bertz CT molecular complexity index is 445. The van der Waals surface area contributed by atoms with Crippen LogP contribution >= 0.6 is 0 Å². The van der Waals surface area contributed by atoms with Crippen LogP contribution in [0.2, 0.25) is 0 Å². The topological polar surface area (TPSA) is 118 Å². The lowest BCUT2D eigenvalue weighted by Gasteiger charge is -2.25. The fourth-order valence-corrected chi connectivity index (χ4v) is 2.77. The number of rotatable bonds is 5. The van der Waals surface area contributed by atoms with Crippen LogP contribution in [0.25, 0.3) is 0 Å². The van der Waals surface area contributed by atoms with Crippen LogP contribution in [0, 0.1) is 5.92 Å². The first-order chi connectivity index (χ1) is 8.12. The monoisotopic (exact) mass is 278 g/mol. The van der Waals surface area contributed by atoms with Crippen molar-refractivity contribution < 1.29 is 23.1 Å².